The van der Waals surface area contributed by atoms with E-state index in [2.05, 4.69) is 10.3 Å². The van der Waals surface area contributed by atoms with Gasteiger partial charge in [-0.3, -0.25) is 0 Å². The minimum Gasteiger partial charge on any atom is -0.488 e. The third-order valence-corrected chi connectivity index (χ3v) is 7.81. The number of hydrogen-bond donors (Lipinski definition) is 2. The second-order valence-corrected chi connectivity index (χ2v) is 10.2. The molecule has 1 saturated heterocycles. The van der Waals surface area contributed by atoms with Crippen LogP contribution in [-0.4, -0.2) is 41.1 Å². The number of carbonyl (C=O) groups excluding carboxylic acids is 2. The lowest BCUT2D eigenvalue weighted by atomic mass is 9.88. The van der Waals surface area contributed by atoms with Gasteiger partial charge in [-0.15, -0.1) is 0 Å². The van der Waals surface area contributed by atoms with Crippen molar-refractivity contribution in [3.63, 3.8) is 0 Å². The van der Waals surface area contributed by atoms with Crippen LogP contribution in [-0.2, 0) is 22.7 Å². The molecule has 2 aliphatic heterocycles. The average molecular weight is 540 g/mol. The van der Waals surface area contributed by atoms with Gasteiger partial charge in [-0.2, -0.15) is 0 Å². The molecule has 40 heavy (non-hydrogen) atoms. The molecular formula is C32H30FN3O4. The molecule has 204 valence electrons. The third kappa shape index (κ3) is 4.93. The summed E-state index contributed by atoms with van der Waals surface area (Å²) in [5, 5.41) is 4.12. The number of fused-ring (bicyclic) bond motifs is 3. The Morgan fingerprint density at radius 3 is 2.70 bits per heavy atom. The smallest absolute Gasteiger partial charge is 0.336 e. The number of halogens is 1. The summed E-state index contributed by atoms with van der Waals surface area (Å²) < 4.78 is 25.6. The Hall–Kier alpha value is -4.59. The molecule has 2 bridgehead atoms. The highest BCUT2D eigenvalue weighted by molar-refractivity contribution is 6.01. The number of rotatable bonds is 7. The largest absolute Gasteiger partial charge is 0.488 e. The van der Waals surface area contributed by atoms with Crippen molar-refractivity contribution in [3.05, 3.63) is 107 Å². The molecule has 2 atom stereocenters. The van der Waals surface area contributed by atoms with Gasteiger partial charge in [0.25, 0.3) is 0 Å². The number of carbonyl (C=O) groups is 2. The Bertz CT molecular complexity index is 1600. The highest BCUT2D eigenvalue weighted by Crippen LogP contribution is 2.45. The van der Waals surface area contributed by atoms with Gasteiger partial charge in [-0.1, -0.05) is 36.4 Å². The van der Waals surface area contributed by atoms with Gasteiger partial charge in [0.05, 0.1) is 18.7 Å². The molecule has 3 aromatic carbocycles. The van der Waals surface area contributed by atoms with Gasteiger partial charge in [0, 0.05) is 35.9 Å². The summed E-state index contributed by atoms with van der Waals surface area (Å²) in [5.41, 5.74) is 4.79. The van der Waals surface area contributed by atoms with E-state index >= 15 is 0 Å². The summed E-state index contributed by atoms with van der Waals surface area (Å²) in [6.07, 6.45) is 3.72. The zero-order chi connectivity index (χ0) is 27.6. The molecule has 1 fully saturated rings. The van der Waals surface area contributed by atoms with Crippen molar-refractivity contribution in [3.8, 4) is 5.75 Å². The maximum absolute atomic E-state index is 14.3. The normalized spacial score (nSPS) is 18.2. The molecule has 0 saturated carbocycles. The van der Waals surface area contributed by atoms with Crippen molar-refractivity contribution in [1.82, 2.24) is 15.2 Å². The fraction of sp³-hybridized carbons (Fsp3) is 0.250. The van der Waals surface area contributed by atoms with Gasteiger partial charge in [0.2, 0.25) is 0 Å². The highest BCUT2D eigenvalue weighted by Gasteiger charge is 2.47. The fourth-order valence-electron chi connectivity index (χ4n) is 5.93. The molecule has 2 aliphatic rings. The number of urea groups is 1. The zero-order valence-corrected chi connectivity index (χ0v) is 22.2. The molecular weight excluding hydrogens is 509 g/mol. The van der Waals surface area contributed by atoms with Gasteiger partial charge in [-0.25, -0.2) is 14.0 Å². The van der Waals surface area contributed by atoms with E-state index < -0.39 is 17.8 Å². The lowest BCUT2D eigenvalue weighted by molar-refractivity contribution is -0.136. The summed E-state index contributed by atoms with van der Waals surface area (Å²) in [7, 11) is 1.34. The van der Waals surface area contributed by atoms with Crippen LogP contribution in [0.5, 0.6) is 5.75 Å². The molecule has 0 spiro atoms. The van der Waals surface area contributed by atoms with Crippen molar-refractivity contribution < 1.29 is 23.5 Å². The monoisotopic (exact) mass is 539 g/mol. The molecule has 2 unspecified atom stereocenters. The molecule has 8 heteroatoms. The van der Waals surface area contributed by atoms with Gasteiger partial charge in [0.15, 0.2) is 0 Å². The number of methoxy groups -OCH3 is 1. The maximum Gasteiger partial charge on any atom is 0.336 e. The predicted octanol–water partition coefficient (Wildman–Crippen LogP) is 5.96. The van der Waals surface area contributed by atoms with E-state index in [9.17, 15) is 14.0 Å². The Morgan fingerprint density at radius 2 is 1.88 bits per heavy atom. The standard InChI is InChI=1S/C32H30FN3O4/c1-39-31(37)30-26(25-10-8-23(33)16-29(25)40-19-20-5-3-2-4-6-20)17-24-9-12-28(30)36(24)32(38)35-18-21-7-11-27-22(15-21)13-14-34-27/h2-8,10-11,13-16,24,28,34H,9,12,17-19H2,1H3,(H,35,38). The number of nitrogens with zero attached hydrogens (tertiary/aromatic N) is 1. The van der Waals surface area contributed by atoms with E-state index in [0.29, 0.717) is 36.3 Å². The Morgan fingerprint density at radius 1 is 1.02 bits per heavy atom. The number of nitrogens with one attached hydrogen (secondary N) is 2. The van der Waals surface area contributed by atoms with E-state index in [4.69, 9.17) is 9.47 Å². The lowest BCUT2D eigenvalue weighted by Gasteiger charge is -2.37. The van der Waals surface area contributed by atoms with Gasteiger partial charge in [0.1, 0.15) is 18.2 Å². The minimum absolute atomic E-state index is 0.104. The van der Waals surface area contributed by atoms with Crippen LogP contribution in [0, 0.1) is 5.82 Å². The highest BCUT2D eigenvalue weighted by atomic mass is 19.1. The van der Waals surface area contributed by atoms with Crippen LogP contribution >= 0.6 is 0 Å². The van der Waals surface area contributed by atoms with E-state index in [1.807, 2.05) is 60.8 Å². The van der Waals surface area contributed by atoms with Crippen LogP contribution in [0.25, 0.3) is 16.5 Å². The Kier molecular flexibility index (Phi) is 6.99. The first-order valence-electron chi connectivity index (χ1n) is 13.4. The SMILES string of the molecule is COC(=O)C1=C(c2ccc(F)cc2OCc2ccccc2)CC2CCC1N2C(=O)NCc1ccc2[nH]ccc2c1. The van der Waals surface area contributed by atoms with Crippen molar-refractivity contribution in [2.45, 2.75) is 44.5 Å². The molecule has 1 aromatic heterocycles. The molecule has 0 aliphatic carbocycles. The van der Waals surface area contributed by atoms with Gasteiger partial charge in [-0.05, 0) is 71.7 Å². The number of aromatic amines is 1. The molecule has 4 aromatic rings. The molecule has 3 heterocycles. The molecule has 7 nitrogen and oxygen atoms in total. The fourth-order valence-corrected chi connectivity index (χ4v) is 5.93. The first-order chi connectivity index (χ1) is 19.5. The summed E-state index contributed by atoms with van der Waals surface area (Å²) in [6.45, 7) is 0.628. The topological polar surface area (TPSA) is 83.7 Å². The van der Waals surface area contributed by atoms with Crippen LogP contribution in [0.3, 0.4) is 0 Å². The van der Waals surface area contributed by atoms with Gasteiger partial charge < -0.3 is 24.7 Å². The van der Waals surface area contributed by atoms with Crippen molar-refractivity contribution in [1.29, 1.82) is 0 Å². The summed E-state index contributed by atoms with van der Waals surface area (Å²) in [4.78, 5) is 31.6. The van der Waals surface area contributed by atoms with Crippen LogP contribution in [0.1, 0.15) is 36.0 Å². The van der Waals surface area contributed by atoms with Crippen LogP contribution in [0.4, 0.5) is 9.18 Å². The molecule has 6 rings (SSSR count). The number of benzene rings is 3. The first-order valence-corrected chi connectivity index (χ1v) is 13.4. The van der Waals surface area contributed by atoms with E-state index in [1.165, 1.54) is 19.2 Å². The van der Waals surface area contributed by atoms with Crippen molar-refractivity contribution in [2.24, 2.45) is 0 Å². The third-order valence-electron chi connectivity index (χ3n) is 7.81. The molecule has 2 N–H and O–H groups in total. The molecule has 2 amide bonds. The predicted molar refractivity (Wildman–Crippen MR) is 150 cm³/mol. The Balaban J connectivity index is 1.28. The number of H-pyrrole nitrogens is 1. The van der Waals surface area contributed by atoms with Crippen molar-refractivity contribution >= 4 is 28.5 Å². The quantitative estimate of drug-likeness (QED) is 0.284. The second-order valence-electron chi connectivity index (χ2n) is 10.2. The van der Waals surface area contributed by atoms with E-state index in [-0.39, 0.29) is 18.7 Å². The first kappa shape index (κ1) is 25.7. The van der Waals surface area contributed by atoms with E-state index in [0.717, 1.165) is 34.0 Å². The summed E-state index contributed by atoms with van der Waals surface area (Å²) >= 11 is 0. The average Bonchev–Trinajstić information content (AvgIpc) is 3.57. The number of aromatic nitrogens is 1. The summed E-state index contributed by atoms with van der Waals surface area (Å²) in [5.74, 6) is -0.559. The summed E-state index contributed by atoms with van der Waals surface area (Å²) in [6, 6.07) is 21.2. The zero-order valence-electron chi connectivity index (χ0n) is 22.2. The number of hydrogen-bond acceptors (Lipinski definition) is 4. The minimum atomic E-state index is -0.491. The van der Waals surface area contributed by atoms with E-state index in [1.54, 1.807) is 11.0 Å². The van der Waals surface area contributed by atoms with Gasteiger partial charge >= 0.3 is 12.0 Å². The number of amides is 2. The van der Waals surface area contributed by atoms with Crippen LogP contribution < -0.4 is 10.1 Å². The number of ether oxygens (including phenoxy) is 2. The van der Waals surface area contributed by atoms with Crippen LogP contribution in [0.2, 0.25) is 0 Å². The van der Waals surface area contributed by atoms with Crippen molar-refractivity contribution in [2.75, 3.05) is 7.11 Å². The van der Waals surface area contributed by atoms with Crippen LogP contribution in [0.15, 0.2) is 84.6 Å². The molecule has 0 radical (unpaired) electrons. The maximum atomic E-state index is 14.3. The second kappa shape index (κ2) is 10.9. The number of esters is 1. The Labute approximate surface area is 231 Å². The lowest BCUT2D eigenvalue weighted by Crippen LogP contribution is -2.50.